The first-order valence-electron chi connectivity index (χ1n) is 15.4. The van der Waals surface area contributed by atoms with Crippen LogP contribution in [0.4, 0.5) is 11.4 Å². The topological polar surface area (TPSA) is 75.7 Å². The van der Waals surface area contributed by atoms with E-state index in [2.05, 4.69) is 5.32 Å². The van der Waals surface area contributed by atoms with Gasteiger partial charge in [0.2, 0.25) is 5.91 Å². The minimum Gasteiger partial charge on any atom is -0.452 e. The van der Waals surface area contributed by atoms with Crippen molar-refractivity contribution in [2.45, 2.75) is 23.6 Å². The average molecular weight is 603 g/mol. The number of hydrogen-bond donors (Lipinski definition) is 1. The van der Waals surface area contributed by atoms with Gasteiger partial charge in [-0.25, -0.2) is 0 Å². The molecule has 46 heavy (non-hydrogen) atoms. The molecular formula is C40H30N2O4. The quantitative estimate of drug-likeness (QED) is 0.168. The van der Waals surface area contributed by atoms with E-state index in [1.807, 2.05) is 144 Å². The van der Waals surface area contributed by atoms with Crippen LogP contribution in [0.1, 0.15) is 38.7 Å². The van der Waals surface area contributed by atoms with Gasteiger partial charge in [-0.3, -0.25) is 14.4 Å². The van der Waals surface area contributed by atoms with Crippen molar-refractivity contribution in [3.8, 4) is 0 Å². The molecule has 4 atom stereocenters. The van der Waals surface area contributed by atoms with Gasteiger partial charge in [-0.1, -0.05) is 140 Å². The highest BCUT2D eigenvalue weighted by molar-refractivity contribution is 6.15. The van der Waals surface area contributed by atoms with Crippen LogP contribution < -0.4 is 10.2 Å². The Labute approximate surface area is 267 Å². The minimum atomic E-state index is -1.44. The van der Waals surface area contributed by atoms with E-state index in [1.165, 1.54) is 0 Å². The number of anilines is 2. The molecule has 0 aromatic heterocycles. The molecule has 224 valence electrons. The molecule has 0 saturated carbocycles. The van der Waals surface area contributed by atoms with Crippen LogP contribution in [-0.4, -0.2) is 29.7 Å². The molecule has 1 fully saturated rings. The van der Waals surface area contributed by atoms with Crippen LogP contribution in [0.5, 0.6) is 0 Å². The second-order valence-electron chi connectivity index (χ2n) is 11.9. The predicted octanol–water partition coefficient (Wildman–Crippen LogP) is 6.99. The van der Waals surface area contributed by atoms with Gasteiger partial charge in [-0.2, -0.15) is 0 Å². The van der Waals surface area contributed by atoms with Crippen LogP contribution in [0.3, 0.4) is 0 Å². The Kier molecular flexibility index (Phi) is 6.64. The van der Waals surface area contributed by atoms with Gasteiger partial charge in [-0.05, 0) is 34.4 Å². The van der Waals surface area contributed by atoms with Crippen LogP contribution in [0.25, 0.3) is 6.08 Å². The number of ether oxygens (including phenoxy) is 1. The standard InChI is InChI=1S/C40H30N2O4/c43-36(27-15-4-1-5-16-27)35-34(38(44)46-37(28-17-6-2-7-18-28)29-19-8-3-9-20-29)40(30-21-11-12-22-31(30)41-39(40)45)33-25-24-26-14-10-13-23-32(26)42(33)35/h1-25,33-35,37H,(H,41,45)/t33?,34-,35+,40+/m0/s1. The lowest BCUT2D eigenvalue weighted by molar-refractivity contribution is -0.156. The molecule has 1 saturated heterocycles. The third-order valence-electron chi connectivity index (χ3n) is 9.56. The molecule has 6 nitrogen and oxygen atoms in total. The minimum absolute atomic E-state index is 0.248. The molecule has 3 heterocycles. The molecule has 3 aliphatic heterocycles. The SMILES string of the molecule is O=C(OC(c1ccccc1)c1ccccc1)[C@@H]1[C@H](C(=O)c2ccccc2)N2c3ccccc3C=CC2[C@@]12C(=O)Nc1ccccc12. The number of nitrogens with one attached hydrogen (secondary N) is 1. The summed E-state index contributed by atoms with van der Waals surface area (Å²) in [4.78, 5) is 46.5. The van der Waals surface area contributed by atoms with Crippen LogP contribution in [0.2, 0.25) is 0 Å². The number of fused-ring (bicyclic) bond motifs is 6. The maximum Gasteiger partial charge on any atom is 0.314 e. The van der Waals surface area contributed by atoms with E-state index in [1.54, 1.807) is 12.1 Å². The Morgan fingerprint density at radius 1 is 0.717 bits per heavy atom. The van der Waals surface area contributed by atoms with Crippen molar-refractivity contribution in [3.63, 3.8) is 0 Å². The third kappa shape index (κ3) is 4.14. The zero-order valence-electron chi connectivity index (χ0n) is 24.8. The van der Waals surface area contributed by atoms with Crippen LogP contribution in [0.15, 0.2) is 146 Å². The summed E-state index contributed by atoms with van der Waals surface area (Å²) in [5.74, 6) is -2.37. The fourth-order valence-electron chi connectivity index (χ4n) is 7.63. The molecule has 1 N–H and O–H groups in total. The summed E-state index contributed by atoms with van der Waals surface area (Å²) in [5.41, 5.74) is 3.62. The summed E-state index contributed by atoms with van der Waals surface area (Å²) in [6.07, 6.45) is 3.20. The first kappa shape index (κ1) is 27.8. The van der Waals surface area contributed by atoms with Crippen molar-refractivity contribution < 1.29 is 19.1 Å². The molecule has 8 rings (SSSR count). The summed E-state index contributed by atoms with van der Waals surface area (Å²) in [6, 6.07) is 41.7. The van der Waals surface area contributed by atoms with Crippen molar-refractivity contribution in [2.24, 2.45) is 5.92 Å². The summed E-state index contributed by atoms with van der Waals surface area (Å²) in [7, 11) is 0. The smallest absolute Gasteiger partial charge is 0.314 e. The van der Waals surface area contributed by atoms with E-state index in [0.29, 0.717) is 16.8 Å². The lowest BCUT2D eigenvalue weighted by atomic mass is 9.66. The molecule has 1 spiro atoms. The van der Waals surface area contributed by atoms with Gasteiger partial charge < -0.3 is 15.0 Å². The Morgan fingerprint density at radius 3 is 2.00 bits per heavy atom. The van der Waals surface area contributed by atoms with Crippen molar-refractivity contribution in [2.75, 3.05) is 10.2 Å². The second-order valence-corrected chi connectivity index (χ2v) is 11.9. The number of Topliss-reactive ketones (excluding diaryl/α,β-unsaturated/α-hetero) is 1. The number of carbonyl (C=O) groups is 3. The number of amides is 1. The summed E-state index contributed by atoms with van der Waals surface area (Å²) >= 11 is 0. The summed E-state index contributed by atoms with van der Waals surface area (Å²) in [5, 5.41) is 3.07. The van der Waals surface area contributed by atoms with E-state index in [4.69, 9.17) is 4.74 Å². The maximum atomic E-state index is 15.1. The number of rotatable bonds is 6. The van der Waals surface area contributed by atoms with Gasteiger partial charge in [0.25, 0.3) is 0 Å². The molecule has 0 radical (unpaired) electrons. The van der Waals surface area contributed by atoms with Crippen molar-refractivity contribution >= 4 is 35.1 Å². The number of carbonyl (C=O) groups excluding carboxylic acids is 3. The van der Waals surface area contributed by atoms with E-state index >= 15 is 4.79 Å². The van der Waals surface area contributed by atoms with Crippen molar-refractivity contribution in [1.29, 1.82) is 0 Å². The van der Waals surface area contributed by atoms with Gasteiger partial charge in [-0.15, -0.1) is 0 Å². The van der Waals surface area contributed by atoms with Gasteiger partial charge in [0.05, 0.1) is 6.04 Å². The summed E-state index contributed by atoms with van der Waals surface area (Å²) < 4.78 is 6.55. The van der Waals surface area contributed by atoms with Crippen LogP contribution in [-0.2, 0) is 19.7 Å². The molecule has 0 bridgehead atoms. The zero-order valence-corrected chi connectivity index (χ0v) is 24.8. The fraction of sp³-hybridized carbons (Fsp3) is 0.125. The number of hydrogen-bond acceptors (Lipinski definition) is 5. The van der Waals surface area contributed by atoms with Crippen molar-refractivity contribution in [3.05, 3.63) is 173 Å². The van der Waals surface area contributed by atoms with Gasteiger partial charge in [0.1, 0.15) is 17.4 Å². The first-order valence-corrected chi connectivity index (χ1v) is 15.4. The molecule has 5 aromatic rings. The number of benzene rings is 5. The molecule has 3 aliphatic rings. The highest BCUT2D eigenvalue weighted by Gasteiger charge is 2.71. The number of esters is 1. The normalized spacial score (nSPS) is 22.2. The molecule has 1 amide bonds. The van der Waals surface area contributed by atoms with Gasteiger partial charge in [0.15, 0.2) is 11.9 Å². The monoisotopic (exact) mass is 602 g/mol. The number of nitrogens with zero attached hydrogens (tertiary/aromatic N) is 1. The van der Waals surface area contributed by atoms with Gasteiger partial charge >= 0.3 is 5.97 Å². The van der Waals surface area contributed by atoms with E-state index < -0.39 is 35.5 Å². The lowest BCUT2D eigenvalue weighted by Crippen LogP contribution is -2.51. The fourth-order valence-corrected chi connectivity index (χ4v) is 7.63. The third-order valence-corrected chi connectivity index (χ3v) is 9.56. The van der Waals surface area contributed by atoms with E-state index in [0.717, 1.165) is 22.4 Å². The van der Waals surface area contributed by atoms with Crippen molar-refractivity contribution in [1.82, 2.24) is 0 Å². The largest absolute Gasteiger partial charge is 0.452 e. The second kappa shape index (κ2) is 11.0. The Bertz CT molecular complexity index is 1950. The number of para-hydroxylation sites is 2. The zero-order chi connectivity index (χ0) is 31.3. The maximum absolute atomic E-state index is 15.1. The highest BCUT2D eigenvalue weighted by Crippen LogP contribution is 2.58. The molecule has 1 unspecified atom stereocenters. The lowest BCUT2D eigenvalue weighted by Gasteiger charge is -2.37. The first-order chi connectivity index (χ1) is 22.6. The molecule has 6 heteroatoms. The molecule has 0 aliphatic carbocycles. The number of ketones is 1. The van der Waals surface area contributed by atoms with E-state index in [-0.39, 0.29) is 11.7 Å². The molecule has 5 aromatic carbocycles. The van der Waals surface area contributed by atoms with Crippen LogP contribution >= 0.6 is 0 Å². The van der Waals surface area contributed by atoms with Crippen LogP contribution in [0, 0.1) is 5.92 Å². The predicted molar refractivity (Wildman–Crippen MR) is 177 cm³/mol. The Balaban J connectivity index is 1.36. The van der Waals surface area contributed by atoms with E-state index in [9.17, 15) is 9.59 Å². The average Bonchev–Trinajstić information content (AvgIpc) is 3.60. The Morgan fingerprint density at radius 2 is 1.30 bits per heavy atom. The highest BCUT2D eigenvalue weighted by atomic mass is 16.5. The molecular weight excluding hydrogens is 572 g/mol. The Hall–Kier alpha value is -5.75. The summed E-state index contributed by atoms with van der Waals surface area (Å²) in [6.45, 7) is 0. The van der Waals surface area contributed by atoms with Gasteiger partial charge in [0, 0.05) is 16.9 Å².